The molecule has 0 amide bonds. The second kappa shape index (κ2) is 2.72. The van der Waals surface area contributed by atoms with Gasteiger partial charge in [-0.1, -0.05) is 0 Å². The molecule has 2 aromatic heterocycles. The monoisotopic (exact) mass is 195 g/mol. The van der Waals surface area contributed by atoms with Crippen LogP contribution in [0.3, 0.4) is 0 Å². The molecule has 2 rings (SSSR count). The van der Waals surface area contributed by atoms with Gasteiger partial charge in [0, 0.05) is 6.92 Å². The molecule has 0 spiro atoms. The number of hydrogen-bond acceptors (Lipinski definition) is 5. The molecular weight excluding hydrogens is 189 g/mol. The van der Waals surface area contributed by atoms with Crippen molar-refractivity contribution in [3.63, 3.8) is 0 Å². The molecule has 0 aliphatic carbocycles. The summed E-state index contributed by atoms with van der Waals surface area (Å²) in [6.45, 7) is 1.32. The molecule has 2 N–H and O–H groups in total. The van der Waals surface area contributed by atoms with E-state index in [1.807, 2.05) is 0 Å². The van der Waals surface area contributed by atoms with Crippen molar-refractivity contribution in [2.75, 3.05) is 5.73 Å². The molecule has 0 aliphatic rings. The normalized spacial score (nSPS) is 10.7. The maximum Gasteiger partial charge on any atom is 0.312 e. The maximum atomic E-state index is 12.8. The van der Waals surface area contributed by atoms with Gasteiger partial charge in [0.05, 0.1) is 0 Å². The number of carbonyl (C=O) groups is 1. The van der Waals surface area contributed by atoms with Crippen LogP contribution in [-0.4, -0.2) is 25.4 Å². The molecule has 0 atom stereocenters. The first-order valence-electron chi connectivity index (χ1n) is 3.76. The van der Waals surface area contributed by atoms with Crippen molar-refractivity contribution < 1.29 is 9.18 Å². The number of halogens is 1. The van der Waals surface area contributed by atoms with Crippen LogP contribution in [0, 0.1) is 6.08 Å². The van der Waals surface area contributed by atoms with Gasteiger partial charge in [0.25, 0.3) is 0 Å². The zero-order chi connectivity index (χ0) is 10.3. The van der Waals surface area contributed by atoms with Crippen LogP contribution in [0.25, 0.3) is 11.2 Å². The SMILES string of the molecule is CC(=O)n1cnc2c(N)nc(F)nc21. The van der Waals surface area contributed by atoms with Crippen molar-refractivity contribution >= 4 is 22.9 Å². The van der Waals surface area contributed by atoms with Crippen LogP contribution in [0.15, 0.2) is 6.33 Å². The van der Waals surface area contributed by atoms with E-state index >= 15 is 0 Å². The van der Waals surface area contributed by atoms with Crippen molar-refractivity contribution in [3.8, 4) is 0 Å². The van der Waals surface area contributed by atoms with Gasteiger partial charge in [0.2, 0.25) is 5.91 Å². The fraction of sp³-hybridized carbons (Fsp3) is 0.143. The van der Waals surface area contributed by atoms with Gasteiger partial charge < -0.3 is 5.73 Å². The van der Waals surface area contributed by atoms with Crippen molar-refractivity contribution in [1.29, 1.82) is 0 Å². The Kier molecular flexibility index (Phi) is 1.66. The number of hydrogen-bond donors (Lipinski definition) is 1. The van der Waals surface area contributed by atoms with E-state index in [4.69, 9.17) is 5.73 Å². The highest BCUT2D eigenvalue weighted by atomic mass is 19.1. The zero-order valence-corrected chi connectivity index (χ0v) is 7.23. The maximum absolute atomic E-state index is 12.8. The number of aromatic nitrogens is 4. The Balaban J connectivity index is 2.85. The molecule has 6 nitrogen and oxygen atoms in total. The van der Waals surface area contributed by atoms with E-state index in [0.29, 0.717) is 0 Å². The summed E-state index contributed by atoms with van der Waals surface area (Å²) >= 11 is 0. The average Bonchev–Trinajstić information content (AvgIpc) is 2.47. The van der Waals surface area contributed by atoms with Crippen molar-refractivity contribution in [3.05, 3.63) is 12.4 Å². The minimum absolute atomic E-state index is 0.0764. The van der Waals surface area contributed by atoms with E-state index in [1.54, 1.807) is 0 Å². The number of fused-ring (bicyclic) bond motifs is 1. The molecule has 0 aromatic carbocycles. The highest BCUT2D eigenvalue weighted by Crippen LogP contribution is 2.15. The molecule has 0 fully saturated rings. The highest BCUT2D eigenvalue weighted by molar-refractivity contribution is 5.90. The third-order valence-corrected chi connectivity index (χ3v) is 1.74. The Morgan fingerprint density at radius 3 is 2.93 bits per heavy atom. The third kappa shape index (κ3) is 1.10. The van der Waals surface area contributed by atoms with Crippen LogP contribution in [-0.2, 0) is 0 Å². The summed E-state index contributed by atoms with van der Waals surface area (Å²) in [6.07, 6.45) is 0.260. The molecule has 0 radical (unpaired) electrons. The number of nitrogens with zero attached hydrogens (tertiary/aromatic N) is 4. The first-order chi connectivity index (χ1) is 6.59. The molecule has 2 heterocycles. The van der Waals surface area contributed by atoms with Crippen LogP contribution >= 0.6 is 0 Å². The Morgan fingerprint density at radius 2 is 2.29 bits per heavy atom. The lowest BCUT2D eigenvalue weighted by molar-refractivity contribution is 0.0940. The van der Waals surface area contributed by atoms with Gasteiger partial charge in [-0.15, -0.1) is 0 Å². The molecule has 72 valence electrons. The summed E-state index contributed by atoms with van der Waals surface area (Å²) in [7, 11) is 0. The van der Waals surface area contributed by atoms with E-state index in [0.717, 1.165) is 4.57 Å². The Labute approximate surface area is 77.6 Å². The second-order valence-corrected chi connectivity index (χ2v) is 2.68. The number of carbonyl (C=O) groups excluding carboxylic acids is 1. The largest absolute Gasteiger partial charge is 0.382 e. The van der Waals surface area contributed by atoms with Gasteiger partial charge in [0.15, 0.2) is 17.0 Å². The topological polar surface area (TPSA) is 86.7 Å². The number of rotatable bonds is 0. The summed E-state index contributed by atoms with van der Waals surface area (Å²) < 4.78 is 13.9. The number of anilines is 1. The summed E-state index contributed by atoms with van der Waals surface area (Å²) in [4.78, 5) is 21.6. The fourth-order valence-electron chi connectivity index (χ4n) is 1.12. The molecule has 0 aliphatic heterocycles. The van der Waals surface area contributed by atoms with Crippen LogP contribution in [0.1, 0.15) is 11.7 Å². The third-order valence-electron chi connectivity index (χ3n) is 1.74. The van der Waals surface area contributed by atoms with Crippen LogP contribution < -0.4 is 5.73 Å². The van der Waals surface area contributed by atoms with Crippen LogP contribution in [0.4, 0.5) is 10.2 Å². The van der Waals surface area contributed by atoms with Gasteiger partial charge in [-0.25, -0.2) is 4.98 Å². The van der Waals surface area contributed by atoms with Crippen LogP contribution in [0.2, 0.25) is 0 Å². The molecule has 2 aromatic rings. The first-order valence-corrected chi connectivity index (χ1v) is 3.76. The number of nitrogens with two attached hydrogens (primary N) is 1. The van der Waals surface area contributed by atoms with Gasteiger partial charge in [-0.05, 0) is 0 Å². The predicted octanol–water partition coefficient (Wildman–Crippen LogP) is 0.208. The molecular formula is C7H6FN5O. The van der Waals surface area contributed by atoms with Crippen molar-refractivity contribution in [1.82, 2.24) is 19.5 Å². The number of nitrogen functional groups attached to an aromatic ring is 1. The average molecular weight is 195 g/mol. The summed E-state index contributed by atoms with van der Waals surface area (Å²) in [5.74, 6) is -0.391. The molecule has 7 heteroatoms. The van der Waals surface area contributed by atoms with Gasteiger partial charge >= 0.3 is 6.08 Å². The van der Waals surface area contributed by atoms with Gasteiger partial charge in [-0.3, -0.25) is 9.36 Å². The quantitative estimate of drug-likeness (QED) is 0.607. The lowest BCUT2D eigenvalue weighted by atomic mass is 10.5. The van der Waals surface area contributed by atoms with Crippen molar-refractivity contribution in [2.24, 2.45) is 0 Å². The molecule has 0 bridgehead atoms. The first kappa shape index (κ1) is 8.54. The lowest BCUT2D eigenvalue weighted by Crippen LogP contribution is -2.06. The van der Waals surface area contributed by atoms with E-state index in [9.17, 15) is 9.18 Å². The summed E-state index contributed by atoms with van der Waals surface area (Å²) in [5.41, 5.74) is 5.70. The van der Waals surface area contributed by atoms with E-state index in [-0.39, 0.29) is 22.9 Å². The summed E-state index contributed by atoms with van der Waals surface area (Å²) in [5, 5.41) is 0. The lowest BCUT2D eigenvalue weighted by Gasteiger charge is -1.97. The van der Waals surface area contributed by atoms with Crippen LogP contribution in [0.5, 0.6) is 0 Å². The zero-order valence-electron chi connectivity index (χ0n) is 7.23. The van der Waals surface area contributed by atoms with E-state index in [2.05, 4.69) is 15.0 Å². The van der Waals surface area contributed by atoms with Gasteiger partial charge in [0.1, 0.15) is 6.33 Å². The Morgan fingerprint density at radius 1 is 1.57 bits per heavy atom. The molecule has 0 saturated heterocycles. The standard InChI is InChI=1S/C7H6FN5O/c1-3(14)13-2-10-4-5(9)11-7(8)12-6(4)13/h2H,1H3,(H2,9,11,12). The molecule has 0 unspecified atom stereocenters. The Bertz CT molecular complexity index is 520. The predicted molar refractivity (Wildman–Crippen MR) is 46.0 cm³/mol. The Hall–Kier alpha value is -2.05. The van der Waals surface area contributed by atoms with E-state index < -0.39 is 6.08 Å². The molecule has 0 saturated carbocycles. The second-order valence-electron chi connectivity index (χ2n) is 2.68. The summed E-state index contributed by atoms with van der Waals surface area (Å²) in [6, 6.07) is 0. The highest BCUT2D eigenvalue weighted by Gasteiger charge is 2.12. The minimum Gasteiger partial charge on any atom is -0.382 e. The minimum atomic E-state index is -0.974. The smallest absolute Gasteiger partial charge is 0.312 e. The number of imidazole rings is 1. The fourth-order valence-corrected chi connectivity index (χ4v) is 1.12. The molecule has 14 heavy (non-hydrogen) atoms. The van der Waals surface area contributed by atoms with Gasteiger partial charge in [-0.2, -0.15) is 14.4 Å². The van der Waals surface area contributed by atoms with Crippen molar-refractivity contribution in [2.45, 2.75) is 6.92 Å². The van der Waals surface area contributed by atoms with E-state index in [1.165, 1.54) is 13.3 Å².